The first kappa shape index (κ1) is 13.8. The summed E-state index contributed by atoms with van der Waals surface area (Å²) in [7, 11) is 0. The molecule has 0 aliphatic heterocycles. The van der Waals surface area contributed by atoms with Crippen molar-refractivity contribution in [1.82, 2.24) is 0 Å². The van der Waals surface area contributed by atoms with Crippen molar-refractivity contribution in [3.05, 3.63) is 29.3 Å². The van der Waals surface area contributed by atoms with Gasteiger partial charge in [-0.05, 0) is 18.2 Å². The molecule has 7 heteroatoms. The number of alkyl halides is 6. The minimum Gasteiger partial charge on any atom is -0.290 e. The second kappa shape index (κ2) is 4.56. The fourth-order valence-corrected chi connectivity index (χ4v) is 1.58. The molecule has 83 valence electrons. The summed E-state index contributed by atoms with van der Waals surface area (Å²) in [4.78, 5) is 0. The van der Waals surface area contributed by atoms with Gasteiger partial charge in [0.1, 0.15) is 0 Å². The van der Waals surface area contributed by atoms with E-state index >= 15 is 0 Å². The minimum atomic E-state index is -1.72. The van der Waals surface area contributed by atoms with Crippen molar-refractivity contribution in [2.75, 3.05) is 0 Å². The summed E-state index contributed by atoms with van der Waals surface area (Å²) in [5.74, 6) is -0.389. The van der Waals surface area contributed by atoms with Crippen LogP contribution in [-0.4, -0.2) is 0 Å². The quantitative estimate of drug-likeness (QED) is 0.562. The number of benzene rings is 1. The molecular formula is C8H3Cl6O. The van der Waals surface area contributed by atoms with Crippen LogP contribution in [0.25, 0.3) is 0 Å². The molecule has 0 aliphatic carbocycles. The Labute approximate surface area is 117 Å². The van der Waals surface area contributed by atoms with Crippen LogP contribution in [0.3, 0.4) is 0 Å². The normalized spacial score (nSPS) is 12.9. The lowest BCUT2D eigenvalue weighted by Crippen LogP contribution is -2.05. The van der Waals surface area contributed by atoms with Gasteiger partial charge in [0, 0.05) is 11.1 Å². The van der Waals surface area contributed by atoms with Crippen molar-refractivity contribution >= 4 is 69.6 Å². The first-order chi connectivity index (χ1) is 6.60. The average molecular weight is 328 g/mol. The van der Waals surface area contributed by atoms with E-state index in [0.717, 1.165) is 0 Å². The molecule has 0 fully saturated rings. The SMILES string of the molecule is [O]c1cc(C(Cl)(Cl)Cl)cc(C(Cl)(Cl)Cl)c1. The Kier molecular flexibility index (Phi) is 4.20. The molecule has 0 aliphatic rings. The molecule has 0 bridgehead atoms. The summed E-state index contributed by atoms with van der Waals surface area (Å²) >= 11 is 33.7. The maximum Gasteiger partial charge on any atom is 0.216 e. The maximum atomic E-state index is 11.3. The van der Waals surface area contributed by atoms with Gasteiger partial charge in [-0.1, -0.05) is 69.6 Å². The molecule has 0 amide bonds. The molecule has 1 radical (unpaired) electrons. The van der Waals surface area contributed by atoms with Crippen LogP contribution >= 0.6 is 69.6 Å². The van der Waals surface area contributed by atoms with Crippen LogP contribution in [-0.2, 0) is 12.7 Å². The van der Waals surface area contributed by atoms with E-state index in [-0.39, 0.29) is 16.9 Å². The van der Waals surface area contributed by atoms with Crippen molar-refractivity contribution in [3.8, 4) is 5.75 Å². The molecule has 0 saturated heterocycles. The molecule has 0 unspecified atom stereocenters. The van der Waals surface area contributed by atoms with Gasteiger partial charge < -0.3 is 0 Å². The summed E-state index contributed by atoms with van der Waals surface area (Å²) in [5.41, 5.74) is 0.336. The second-order valence-corrected chi connectivity index (χ2v) is 7.30. The average Bonchev–Trinajstić information content (AvgIpc) is 1.99. The van der Waals surface area contributed by atoms with Gasteiger partial charge >= 0.3 is 0 Å². The third kappa shape index (κ3) is 3.92. The largest absolute Gasteiger partial charge is 0.290 e. The highest BCUT2D eigenvalue weighted by Crippen LogP contribution is 2.44. The van der Waals surface area contributed by atoms with Crippen LogP contribution < -0.4 is 0 Å². The summed E-state index contributed by atoms with van der Waals surface area (Å²) < 4.78 is -3.43. The highest BCUT2D eigenvalue weighted by molar-refractivity contribution is 6.67. The predicted octanol–water partition coefficient (Wildman–Crippen LogP) is 5.48. The Balaban J connectivity index is 3.30. The highest BCUT2D eigenvalue weighted by Gasteiger charge is 2.29. The lowest BCUT2D eigenvalue weighted by atomic mass is 10.1. The third-order valence-electron chi connectivity index (χ3n) is 1.56. The lowest BCUT2D eigenvalue weighted by Gasteiger charge is -2.16. The molecule has 0 N–H and O–H groups in total. The van der Waals surface area contributed by atoms with Crippen LogP contribution in [0.5, 0.6) is 5.75 Å². The zero-order valence-electron chi connectivity index (χ0n) is 6.91. The molecule has 1 aromatic rings. The van der Waals surface area contributed by atoms with Crippen molar-refractivity contribution in [3.63, 3.8) is 0 Å². The van der Waals surface area contributed by atoms with E-state index in [1.54, 1.807) is 0 Å². The first-order valence-corrected chi connectivity index (χ1v) is 5.84. The molecule has 1 rings (SSSR count). The van der Waals surface area contributed by atoms with E-state index in [0.29, 0.717) is 0 Å². The summed E-state index contributed by atoms with van der Waals surface area (Å²) in [6.07, 6.45) is 0. The Morgan fingerprint density at radius 2 is 1.07 bits per heavy atom. The Morgan fingerprint density at radius 1 is 0.733 bits per heavy atom. The van der Waals surface area contributed by atoms with Gasteiger partial charge in [-0.15, -0.1) is 0 Å². The van der Waals surface area contributed by atoms with Crippen LogP contribution in [0.2, 0.25) is 0 Å². The van der Waals surface area contributed by atoms with E-state index in [1.807, 2.05) is 0 Å². The fraction of sp³-hybridized carbons (Fsp3) is 0.250. The van der Waals surface area contributed by atoms with Crippen LogP contribution in [0.15, 0.2) is 18.2 Å². The topological polar surface area (TPSA) is 19.9 Å². The fourth-order valence-electron chi connectivity index (χ4n) is 0.926. The number of rotatable bonds is 0. The van der Waals surface area contributed by atoms with Crippen LogP contribution in [0.4, 0.5) is 0 Å². The highest BCUT2D eigenvalue weighted by atomic mass is 35.6. The molecule has 1 aromatic carbocycles. The van der Waals surface area contributed by atoms with Gasteiger partial charge in [-0.3, -0.25) is 5.11 Å². The zero-order valence-corrected chi connectivity index (χ0v) is 11.4. The standard InChI is InChI=1S/C8H3Cl6O/c9-7(10,11)4-1-5(8(12,13)14)3-6(15)2-4/h1-3H. The van der Waals surface area contributed by atoms with Crippen molar-refractivity contribution < 1.29 is 5.11 Å². The molecule has 1 nitrogen and oxygen atoms in total. The molecule has 0 atom stereocenters. The van der Waals surface area contributed by atoms with Gasteiger partial charge in [0.05, 0.1) is 0 Å². The zero-order chi connectivity index (χ0) is 11.9. The molecule has 0 spiro atoms. The summed E-state index contributed by atoms with van der Waals surface area (Å²) in [6, 6.07) is 3.71. The number of hydrogen-bond donors (Lipinski definition) is 0. The molecule has 0 aromatic heterocycles. The van der Waals surface area contributed by atoms with Gasteiger partial charge in [0.2, 0.25) is 7.59 Å². The van der Waals surface area contributed by atoms with E-state index < -0.39 is 7.59 Å². The number of halogens is 6. The Morgan fingerprint density at radius 3 is 1.33 bits per heavy atom. The van der Waals surface area contributed by atoms with Crippen LogP contribution in [0, 0.1) is 0 Å². The van der Waals surface area contributed by atoms with Crippen molar-refractivity contribution in [1.29, 1.82) is 0 Å². The van der Waals surface area contributed by atoms with Crippen molar-refractivity contribution in [2.24, 2.45) is 0 Å². The summed E-state index contributed by atoms with van der Waals surface area (Å²) in [5, 5.41) is 11.3. The molecule has 0 heterocycles. The molecular weight excluding hydrogens is 325 g/mol. The lowest BCUT2D eigenvalue weighted by molar-refractivity contribution is 0.354. The second-order valence-electron chi connectivity index (χ2n) is 2.74. The maximum absolute atomic E-state index is 11.3. The number of hydrogen-bond acceptors (Lipinski definition) is 0. The van der Waals surface area contributed by atoms with E-state index in [2.05, 4.69) is 0 Å². The first-order valence-electron chi connectivity index (χ1n) is 3.57. The van der Waals surface area contributed by atoms with E-state index in [9.17, 15) is 5.11 Å². The van der Waals surface area contributed by atoms with Gasteiger partial charge in [0.25, 0.3) is 0 Å². The monoisotopic (exact) mass is 325 g/mol. The molecule has 15 heavy (non-hydrogen) atoms. The predicted molar refractivity (Wildman–Crippen MR) is 65.0 cm³/mol. The molecule has 0 saturated carbocycles. The van der Waals surface area contributed by atoms with E-state index in [4.69, 9.17) is 69.6 Å². The van der Waals surface area contributed by atoms with Gasteiger partial charge in [-0.2, -0.15) is 0 Å². The van der Waals surface area contributed by atoms with Crippen molar-refractivity contribution in [2.45, 2.75) is 7.59 Å². The Bertz CT molecular complexity index is 332. The summed E-state index contributed by atoms with van der Waals surface area (Å²) in [6.45, 7) is 0. The van der Waals surface area contributed by atoms with Gasteiger partial charge in [-0.25, -0.2) is 0 Å². The van der Waals surface area contributed by atoms with Crippen LogP contribution in [0.1, 0.15) is 11.1 Å². The smallest absolute Gasteiger partial charge is 0.216 e. The minimum absolute atomic E-state index is 0.168. The Hall–Kier alpha value is 0.760. The van der Waals surface area contributed by atoms with Gasteiger partial charge in [0.15, 0.2) is 5.75 Å². The van der Waals surface area contributed by atoms with E-state index in [1.165, 1.54) is 18.2 Å². The third-order valence-corrected chi connectivity index (χ3v) is 2.87.